The molecule has 0 spiro atoms. The van der Waals surface area contributed by atoms with Crippen molar-refractivity contribution in [1.29, 1.82) is 0 Å². The van der Waals surface area contributed by atoms with E-state index in [4.69, 9.17) is 4.84 Å². The number of nitrogens with zero attached hydrogens (tertiary/aromatic N) is 2. The molecule has 2 bridgehead atoms. The van der Waals surface area contributed by atoms with E-state index in [1.807, 2.05) is 12.1 Å². The zero-order valence-corrected chi connectivity index (χ0v) is 11.2. The molecule has 98 valence electrons. The van der Waals surface area contributed by atoms with E-state index in [2.05, 4.69) is 41.0 Å². The van der Waals surface area contributed by atoms with E-state index in [1.54, 1.807) is 0 Å². The minimum Gasteiger partial charge on any atom is -0.383 e. The van der Waals surface area contributed by atoms with Crippen molar-refractivity contribution >= 4 is 5.71 Å². The SMILES string of the molecule is Cc1ccc(C#CCO/N=C2/CN3CCC2C3)cc1. The third-order valence-corrected chi connectivity index (χ3v) is 3.73. The first-order valence-corrected chi connectivity index (χ1v) is 6.78. The summed E-state index contributed by atoms with van der Waals surface area (Å²) in [6.07, 6.45) is 1.23. The van der Waals surface area contributed by atoms with Crippen LogP contribution < -0.4 is 0 Å². The van der Waals surface area contributed by atoms with Crippen LogP contribution in [0.15, 0.2) is 29.4 Å². The number of hydrogen-bond acceptors (Lipinski definition) is 3. The Balaban J connectivity index is 1.49. The van der Waals surface area contributed by atoms with Crippen molar-refractivity contribution in [3.05, 3.63) is 35.4 Å². The van der Waals surface area contributed by atoms with Crippen LogP contribution in [0.5, 0.6) is 0 Å². The van der Waals surface area contributed by atoms with Crippen LogP contribution in [0.1, 0.15) is 17.5 Å². The van der Waals surface area contributed by atoms with Crippen LogP contribution in [0.2, 0.25) is 0 Å². The maximum Gasteiger partial charge on any atom is 0.177 e. The Hall–Kier alpha value is -1.79. The summed E-state index contributed by atoms with van der Waals surface area (Å²) in [5.41, 5.74) is 3.47. The van der Waals surface area contributed by atoms with Crippen LogP contribution in [0, 0.1) is 24.7 Å². The van der Waals surface area contributed by atoms with Crippen LogP contribution in [0.25, 0.3) is 0 Å². The maximum absolute atomic E-state index is 5.30. The first-order valence-electron chi connectivity index (χ1n) is 6.78. The van der Waals surface area contributed by atoms with Gasteiger partial charge in [0, 0.05) is 24.6 Å². The molecule has 3 heteroatoms. The second-order valence-electron chi connectivity index (χ2n) is 5.24. The zero-order valence-electron chi connectivity index (χ0n) is 11.2. The molecule has 2 aliphatic heterocycles. The molecule has 2 heterocycles. The lowest BCUT2D eigenvalue weighted by atomic mass is 10.0. The van der Waals surface area contributed by atoms with Gasteiger partial charge in [0.05, 0.1) is 5.71 Å². The molecule has 2 saturated heterocycles. The number of hydrogen-bond donors (Lipinski definition) is 0. The third kappa shape index (κ3) is 2.97. The summed E-state index contributed by atoms with van der Waals surface area (Å²) < 4.78 is 0. The Morgan fingerprint density at radius 3 is 2.89 bits per heavy atom. The second-order valence-corrected chi connectivity index (χ2v) is 5.24. The van der Waals surface area contributed by atoms with Crippen molar-refractivity contribution in [1.82, 2.24) is 4.90 Å². The van der Waals surface area contributed by atoms with Crippen molar-refractivity contribution in [2.75, 3.05) is 26.2 Å². The van der Waals surface area contributed by atoms with Crippen molar-refractivity contribution in [3.63, 3.8) is 0 Å². The summed E-state index contributed by atoms with van der Waals surface area (Å²) in [5, 5.41) is 4.22. The molecule has 3 rings (SSSR count). The van der Waals surface area contributed by atoms with Crippen molar-refractivity contribution in [2.24, 2.45) is 11.1 Å². The quantitative estimate of drug-likeness (QED) is 0.458. The predicted molar refractivity (Wildman–Crippen MR) is 76.0 cm³/mol. The monoisotopic (exact) mass is 254 g/mol. The van der Waals surface area contributed by atoms with Gasteiger partial charge in [0.1, 0.15) is 0 Å². The average Bonchev–Trinajstić information content (AvgIpc) is 3.03. The first kappa shape index (κ1) is 12.3. The molecular weight excluding hydrogens is 236 g/mol. The van der Waals surface area contributed by atoms with Gasteiger partial charge in [-0.3, -0.25) is 4.90 Å². The molecule has 3 nitrogen and oxygen atoms in total. The highest BCUT2D eigenvalue weighted by Gasteiger charge is 2.35. The number of aryl methyl sites for hydroxylation is 1. The van der Waals surface area contributed by atoms with Gasteiger partial charge in [0.25, 0.3) is 0 Å². The molecule has 2 unspecified atom stereocenters. The summed E-state index contributed by atoms with van der Waals surface area (Å²) in [5.74, 6) is 6.70. The lowest BCUT2D eigenvalue weighted by Crippen LogP contribution is -2.23. The van der Waals surface area contributed by atoms with Crippen molar-refractivity contribution in [3.8, 4) is 11.8 Å². The number of fused-ring (bicyclic) bond motifs is 2. The minimum absolute atomic E-state index is 0.365. The van der Waals surface area contributed by atoms with E-state index in [-0.39, 0.29) is 0 Å². The Morgan fingerprint density at radius 1 is 1.37 bits per heavy atom. The summed E-state index contributed by atoms with van der Waals surface area (Å²) in [6, 6.07) is 8.18. The lowest BCUT2D eigenvalue weighted by Gasteiger charge is -2.12. The van der Waals surface area contributed by atoms with Crippen molar-refractivity contribution < 1.29 is 4.84 Å². The van der Waals surface area contributed by atoms with E-state index in [0.29, 0.717) is 12.5 Å². The fraction of sp³-hybridized carbons (Fsp3) is 0.438. The molecule has 0 saturated carbocycles. The number of rotatable bonds is 2. The fourth-order valence-corrected chi connectivity index (χ4v) is 2.63. The van der Waals surface area contributed by atoms with Crippen molar-refractivity contribution in [2.45, 2.75) is 13.3 Å². The summed E-state index contributed by atoms with van der Waals surface area (Å²) in [4.78, 5) is 7.72. The van der Waals surface area contributed by atoms with Gasteiger partial charge in [-0.2, -0.15) is 0 Å². The predicted octanol–water partition coefficient (Wildman–Crippen LogP) is 2.05. The van der Waals surface area contributed by atoms with E-state index in [0.717, 1.165) is 18.7 Å². The highest BCUT2D eigenvalue weighted by atomic mass is 16.6. The van der Waals surface area contributed by atoms with Crippen LogP contribution in [0.3, 0.4) is 0 Å². The van der Waals surface area contributed by atoms with Crippen LogP contribution in [-0.4, -0.2) is 36.9 Å². The average molecular weight is 254 g/mol. The highest BCUT2D eigenvalue weighted by molar-refractivity contribution is 5.91. The molecule has 0 radical (unpaired) electrons. The molecule has 2 aliphatic rings. The Labute approximate surface area is 114 Å². The largest absolute Gasteiger partial charge is 0.383 e. The van der Waals surface area contributed by atoms with Gasteiger partial charge in [0.2, 0.25) is 0 Å². The van der Waals surface area contributed by atoms with Gasteiger partial charge in [0.15, 0.2) is 6.61 Å². The zero-order chi connectivity index (χ0) is 13.1. The summed E-state index contributed by atoms with van der Waals surface area (Å²) in [7, 11) is 0. The topological polar surface area (TPSA) is 24.8 Å². The van der Waals surface area contributed by atoms with Gasteiger partial charge >= 0.3 is 0 Å². The van der Waals surface area contributed by atoms with E-state index < -0.39 is 0 Å². The fourth-order valence-electron chi connectivity index (χ4n) is 2.63. The molecule has 0 aromatic heterocycles. The van der Waals surface area contributed by atoms with Gasteiger partial charge in [-0.1, -0.05) is 34.7 Å². The molecular formula is C16H18N2O. The molecule has 2 fully saturated rings. The summed E-state index contributed by atoms with van der Waals surface area (Å²) in [6.45, 7) is 5.80. The number of piperidine rings is 1. The number of benzene rings is 1. The smallest absolute Gasteiger partial charge is 0.177 e. The van der Waals surface area contributed by atoms with E-state index in [9.17, 15) is 0 Å². The first-order chi connectivity index (χ1) is 9.31. The van der Waals surface area contributed by atoms with Gasteiger partial charge in [-0.05, 0) is 32.0 Å². The normalized spacial score (nSPS) is 26.3. The third-order valence-electron chi connectivity index (χ3n) is 3.73. The van der Waals surface area contributed by atoms with E-state index in [1.165, 1.54) is 24.2 Å². The van der Waals surface area contributed by atoms with Gasteiger partial charge in [-0.25, -0.2) is 0 Å². The van der Waals surface area contributed by atoms with Crippen LogP contribution >= 0.6 is 0 Å². The minimum atomic E-state index is 0.365. The van der Waals surface area contributed by atoms with Crippen LogP contribution in [0.4, 0.5) is 0 Å². The molecule has 1 aromatic rings. The number of oxime groups is 1. The lowest BCUT2D eigenvalue weighted by molar-refractivity contribution is 0.177. The molecule has 0 aliphatic carbocycles. The Bertz CT molecular complexity index is 536. The molecule has 1 aromatic carbocycles. The van der Waals surface area contributed by atoms with Crippen LogP contribution in [-0.2, 0) is 4.84 Å². The van der Waals surface area contributed by atoms with E-state index >= 15 is 0 Å². The second kappa shape index (κ2) is 5.46. The Morgan fingerprint density at radius 2 is 2.21 bits per heavy atom. The van der Waals surface area contributed by atoms with Gasteiger partial charge in [-0.15, -0.1) is 0 Å². The molecule has 0 amide bonds. The molecule has 2 atom stereocenters. The summed E-state index contributed by atoms with van der Waals surface area (Å²) >= 11 is 0. The Kier molecular flexibility index (Phi) is 3.52. The molecule has 0 N–H and O–H groups in total. The molecule has 19 heavy (non-hydrogen) atoms. The van der Waals surface area contributed by atoms with Gasteiger partial charge < -0.3 is 4.84 Å². The standard InChI is InChI=1S/C16H18N2O/c1-13-4-6-14(7-5-13)3-2-10-19-17-16-12-18-9-8-15(16)11-18/h4-7,15H,8-12H2,1H3/b17-16-. The highest BCUT2D eigenvalue weighted by Crippen LogP contribution is 2.25. The maximum atomic E-state index is 5.30.